The molecule has 1 aliphatic rings. The number of epoxide rings is 1. The van der Waals surface area contributed by atoms with Crippen LogP contribution in [0.15, 0.2) is 0 Å². The summed E-state index contributed by atoms with van der Waals surface area (Å²) in [5.74, 6) is 0.255. The lowest BCUT2D eigenvalue weighted by molar-refractivity contribution is -0.116. The van der Waals surface area contributed by atoms with Gasteiger partial charge in [0.2, 0.25) is 0 Å². The second kappa shape index (κ2) is 5.42. The van der Waals surface area contributed by atoms with Crippen molar-refractivity contribution in [3.63, 3.8) is 0 Å². The van der Waals surface area contributed by atoms with Crippen molar-refractivity contribution < 1.29 is 9.53 Å². The first-order chi connectivity index (χ1) is 4.70. The van der Waals surface area contributed by atoms with E-state index in [4.69, 9.17) is 4.74 Å². The van der Waals surface area contributed by atoms with Crippen LogP contribution in [0.3, 0.4) is 0 Å². The highest BCUT2D eigenvalue weighted by atomic mass is 16.6. The molecule has 0 N–H and O–H groups in total. The average molecular weight is 144 g/mol. The number of carbonyl (C=O) groups is 1. The van der Waals surface area contributed by atoms with E-state index >= 15 is 0 Å². The van der Waals surface area contributed by atoms with Crippen LogP contribution in [0.5, 0.6) is 0 Å². The first kappa shape index (κ1) is 9.63. The monoisotopic (exact) mass is 144 g/mol. The molecule has 1 aliphatic heterocycles. The van der Waals surface area contributed by atoms with Crippen molar-refractivity contribution in [2.45, 2.75) is 39.7 Å². The average Bonchev–Trinajstić information content (AvgIpc) is 2.70. The van der Waals surface area contributed by atoms with Gasteiger partial charge in [-0.15, -0.1) is 0 Å². The lowest BCUT2D eigenvalue weighted by Crippen LogP contribution is -1.80. The minimum absolute atomic E-state index is 0.255. The molecule has 0 radical (unpaired) electrons. The Morgan fingerprint density at radius 2 is 2.00 bits per heavy atom. The molecule has 1 atom stereocenters. The van der Waals surface area contributed by atoms with Crippen LogP contribution in [0.4, 0.5) is 0 Å². The number of hydrogen-bond acceptors (Lipinski definition) is 2. The van der Waals surface area contributed by atoms with Gasteiger partial charge in [-0.2, -0.15) is 0 Å². The molecular weight excluding hydrogens is 128 g/mol. The van der Waals surface area contributed by atoms with Gasteiger partial charge in [0.25, 0.3) is 0 Å². The summed E-state index contributed by atoms with van der Waals surface area (Å²) >= 11 is 0. The number of hydrogen-bond donors (Lipinski definition) is 0. The highest BCUT2D eigenvalue weighted by molar-refractivity contribution is 5.74. The second-order valence-corrected chi connectivity index (χ2v) is 2.42. The van der Waals surface area contributed by atoms with Gasteiger partial charge in [0.15, 0.2) is 0 Å². The van der Waals surface area contributed by atoms with E-state index in [0.717, 1.165) is 6.61 Å². The van der Waals surface area contributed by atoms with E-state index in [1.165, 1.54) is 6.42 Å². The van der Waals surface area contributed by atoms with Crippen molar-refractivity contribution in [2.75, 3.05) is 6.61 Å². The van der Waals surface area contributed by atoms with Gasteiger partial charge in [0.1, 0.15) is 5.78 Å². The third-order valence-corrected chi connectivity index (χ3v) is 1.36. The fraction of sp³-hybridized carbons (Fsp3) is 0.875. The summed E-state index contributed by atoms with van der Waals surface area (Å²) in [7, 11) is 0. The Morgan fingerprint density at radius 3 is 2.00 bits per heavy atom. The summed E-state index contributed by atoms with van der Waals surface area (Å²) < 4.78 is 4.86. The molecule has 0 aromatic carbocycles. The van der Waals surface area contributed by atoms with E-state index in [1.807, 2.05) is 6.92 Å². The molecule has 10 heavy (non-hydrogen) atoms. The van der Waals surface area contributed by atoms with Crippen molar-refractivity contribution in [3.05, 3.63) is 0 Å². The molecule has 1 unspecified atom stereocenters. The zero-order valence-corrected chi connectivity index (χ0v) is 7.02. The van der Waals surface area contributed by atoms with Gasteiger partial charge in [-0.3, -0.25) is 0 Å². The number of Topliss-reactive ketones (excluding diaryl/α,β-unsaturated/α-hetero) is 1. The Hall–Kier alpha value is -0.370. The van der Waals surface area contributed by atoms with Crippen molar-refractivity contribution in [1.29, 1.82) is 0 Å². The lowest BCUT2D eigenvalue weighted by Gasteiger charge is -1.71. The molecule has 2 nitrogen and oxygen atoms in total. The SMILES string of the molecule is CCC(C)=O.CCC1CO1. The Balaban J connectivity index is 0.000000162. The van der Waals surface area contributed by atoms with Crippen LogP contribution in [-0.2, 0) is 9.53 Å². The van der Waals surface area contributed by atoms with Gasteiger partial charge in [-0.25, -0.2) is 0 Å². The minimum atomic E-state index is 0.255. The van der Waals surface area contributed by atoms with Crippen molar-refractivity contribution >= 4 is 5.78 Å². The third kappa shape index (κ3) is 7.63. The molecule has 1 fully saturated rings. The van der Waals surface area contributed by atoms with Crippen molar-refractivity contribution in [1.82, 2.24) is 0 Å². The molecule has 1 saturated heterocycles. The van der Waals surface area contributed by atoms with Crippen LogP contribution in [-0.4, -0.2) is 18.5 Å². The Morgan fingerprint density at radius 1 is 1.60 bits per heavy atom. The molecule has 0 amide bonds. The normalized spacial score (nSPS) is 20.9. The summed E-state index contributed by atoms with van der Waals surface area (Å²) in [6.07, 6.45) is 2.50. The van der Waals surface area contributed by atoms with Gasteiger partial charge >= 0.3 is 0 Å². The highest BCUT2D eigenvalue weighted by Crippen LogP contribution is 2.10. The maximum Gasteiger partial charge on any atom is 0.129 e. The molecule has 0 aliphatic carbocycles. The predicted molar refractivity (Wildman–Crippen MR) is 41.0 cm³/mol. The molecule has 1 rings (SSSR count). The molecule has 1 heterocycles. The van der Waals surface area contributed by atoms with E-state index in [2.05, 4.69) is 6.92 Å². The predicted octanol–water partition coefficient (Wildman–Crippen LogP) is 1.78. The van der Waals surface area contributed by atoms with Crippen LogP contribution in [0, 0.1) is 0 Å². The summed E-state index contributed by atoms with van der Waals surface area (Å²) in [5.41, 5.74) is 0. The number of carbonyl (C=O) groups excluding carboxylic acids is 1. The van der Waals surface area contributed by atoms with E-state index in [1.54, 1.807) is 6.92 Å². The Labute approximate surface area is 62.6 Å². The summed E-state index contributed by atoms with van der Waals surface area (Å²) in [5, 5.41) is 0. The zero-order valence-electron chi connectivity index (χ0n) is 7.02. The van der Waals surface area contributed by atoms with E-state index in [9.17, 15) is 4.79 Å². The fourth-order valence-electron chi connectivity index (χ4n) is 0.304. The largest absolute Gasteiger partial charge is 0.373 e. The molecule has 60 valence electrons. The number of rotatable bonds is 2. The van der Waals surface area contributed by atoms with Crippen LogP contribution < -0.4 is 0 Å². The summed E-state index contributed by atoms with van der Waals surface area (Å²) in [4.78, 5) is 9.81. The first-order valence-electron chi connectivity index (χ1n) is 3.81. The third-order valence-electron chi connectivity index (χ3n) is 1.36. The standard InChI is InChI=1S/2C4H8O/c1-2-4-3-5-4;1-3-4(2)5/h4H,2-3H2,1H3;3H2,1-2H3. The topological polar surface area (TPSA) is 29.6 Å². The smallest absolute Gasteiger partial charge is 0.129 e. The quantitative estimate of drug-likeness (QED) is 0.553. The van der Waals surface area contributed by atoms with E-state index < -0.39 is 0 Å². The van der Waals surface area contributed by atoms with Crippen LogP contribution in [0.25, 0.3) is 0 Å². The zero-order chi connectivity index (χ0) is 7.98. The van der Waals surface area contributed by atoms with Gasteiger partial charge in [0, 0.05) is 6.42 Å². The lowest BCUT2D eigenvalue weighted by atomic mass is 10.4. The molecule has 0 aromatic heterocycles. The maximum atomic E-state index is 9.81. The highest BCUT2D eigenvalue weighted by Gasteiger charge is 2.18. The molecule has 2 heteroatoms. The van der Waals surface area contributed by atoms with Gasteiger partial charge < -0.3 is 9.53 Å². The number of ether oxygens (including phenoxy) is 1. The molecule has 0 saturated carbocycles. The molecule has 0 bridgehead atoms. The minimum Gasteiger partial charge on any atom is -0.373 e. The Kier molecular flexibility index (Phi) is 5.22. The van der Waals surface area contributed by atoms with Crippen LogP contribution in [0.2, 0.25) is 0 Å². The van der Waals surface area contributed by atoms with Gasteiger partial charge in [-0.05, 0) is 13.3 Å². The molecule has 0 aromatic rings. The van der Waals surface area contributed by atoms with Crippen molar-refractivity contribution in [2.24, 2.45) is 0 Å². The Bertz CT molecular complexity index is 95.4. The van der Waals surface area contributed by atoms with Crippen LogP contribution >= 0.6 is 0 Å². The second-order valence-electron chi connectivity index (χ2n) is 2.42. The van der Waals surface area contributed by atoms with Crippen LogP contribution in [0.1, 0.15) is 33.6 Å². The van der Waals surface area contributed by atoms with Crippen molar-refractivity contribution in [3.8, 4) is 0 Å². The van der Waals surface area contributed by atoms with Gasteiger partial charge in [0.05, 0.1) is 12.7 Å². The molecule has 0 spiro atoms. The first-order valence-corrected chi connectivity index (χ1v) is 3.81. The maximum absolute atomic E-state index is 9.81. The molecular formula is C8H16O2. The number of ketones is 1. The van der Waals surface area contributed by atoms with E-state index in [-0.39, 0.29) is 5.78 Å². The van der Waals surface area contributed by atoms with Gasteiger partial charge in [-0.1, -0.05) is 13.8 Å². The van der Waals surface area contributed by atoms with E-state index in [0.29, 0.717) is 12.5 Å². The summed E-state index contributed by atoms with van der Waals surface area (Å²) in [6.45, 7) is 6.58. The summed E-state index contributed by atoms with van der Waals surface area (Å²) in [6, 6.07) is 0. The fourth-order valence-corrected chi connectivity index (χ4v) is 0.304.